The number of imidazole rings is 1. The average Bonchev–Trinajstić information content (AvgIpc) is 2.86. The van der Waals surface area contributed by atoms with Crippen LogP contribution in [-0.4, -0.2) is 21.5 Å². The van der Waals surface area contributed by atoms with Gasteiger partial charge >= 0.3 is 0 Å². The summed E-state index contributed by atoms with van der Waals surface area (Å²) < 4.78 is 1.91. The fourth-order valence-corrected chi connectivity index (χ4v) is 2.68. The van der Waals surface area contributed by atoms with Gasteiger partial charge < -0.3 is 10.0 Å². The van der Waals surface area contributed by atoms with Crippen LogP contribution in [0.2, 0.25) is 5.02 Å². The van der Waals surface area contributed by atoms with E-state index >= 15 is 0 Å². The lowest BCUT2D eigenvalue weighted by molar-refractivity contribution is 0.276. The molecule has 0 aliphatic rings. The number of hydrogen-bond acceptors (Lipinski definition) is 3. The summed E-state index contributed by atoms with van der Waals surface area (Å²) >= 11 is 6.02. The first-order chi connectivity index (χ1) is 10.2. The number of fused-ring (bicyclic) bond motifs is 1. The average molecular weight is 302 g/mol. The molecule has 0 spiro atoms. The molecule has 0 saturated carbocycles. The van der Waals surface area contributed by atoms with Gasteiger partial charge in [0.2, 0.25) is 0 Å². The number of pyridine rings is 1. The molecule has 0 bridgehead atoms. The third kappa shape index (κ3) is 2.73. The maximum absolute atomic E-state index is 9.66. The summed E-state index contributed by atoms with van der Waals surface area (Å²) in [7, 11) is 1.96. The van der Waals surface area contributed by atoms with Crippen molar-refractivity contribution in [1.29, 1.82) is 0 Å². The summed E-state index contributed by atoms with van der Waals surface area (Å²) in [5.41, 5.74) is 2.72. The molecule has 0 fully saturated rings. The zero-order valence-electron chi connectivity index (χ0n) is 11.7. The van der Waals surface area contributed by atoms with Gasteiger partial charge in [-0.05, 0) is 29.8 Å². The fourth-order valence-electron chi connectivity index (χ4n) is 2.47. The zero-order valence-corrected chi connectivity index (χ0v) is 12.5. The first-order valence-electron chi connectivity index (χ1n) is 6.71. The van der Waals surface area contributed by atoms with Gasteiger partial charge in [0, 0.05) is 24.8 Å². The minimum absolute atomic E-state index is 0.0552. The van der Waals surface area contributed by atoms with Crippen molar-refractivity contribution < 1.29 is 5.11 Å². The van der Waals surface area contributed by atoms with Gasteiger partial charge in [-0.1, -0.05) is 29.8 Å². The van der Waals surface area contributed by atoms with E-state index in [2.05, 4.69) is 4.98 Å². The molecule has 5 heteroatoms. The van der Waals surface area contributed by atoms with Crippen molar-refractivity contribution in [2.24, 2.45) is 0 Å². The minimum Gasteiger partial charge on any atom is -0.390 e. The lowest BCUT2D eigenvalue weighted by atomic mass is 10.2. The van der Waals surface area contributed by atoms with Crippen molar-refractivity contribution in [1.82, 2.24) is 9.38 Å². The maximum Gasteiger partial charge on any atom is 0.153 e. The number of halogens is 1. The lowest BCUT2D eigenvalue weighted by Gasteiger charge is -2.18. The van der Waals surface area contributed by atoms with E-state index in [-0.39, 0.29) is 6.61 Å². The Hall–Kier alpha value is -2.04. The first-order valence-corrected chi connectivity index (χ1v) is 7.09. The largest absolute Gasteiger partial charge is 0.390 e. The molecule has 3 aromatic rings. The van der Waals surface area contributed by atoms with E-state index in [1.165, 1.54) is 0 Å². The summed E-state index contributed by atoms with van der Waals surface area (Å²) in [6, 6.07) is 13.5. The molecule has 3 rings (SSSR count). The van der Waals surface area contributed by atoms with Gasteiger partial charge in [-0.3, -0.25) is 4.40 Å². The van der Waals surface area contributed by atoms with Gasteiger partial charge in [0.15, 0.2) is 5.82 Å². The molecule has 0 aliphatic heterocycles. The van der Waals surface area contributed by atoms with E-state index in [0.29, 0.717) is 6.54 Å². The van der Waals surface area contributed by atoms with Crippen molar-refractivity contribution in [3.05, 3.63) is 64.9 Å². The Labute approximate surface area is 128 Å². The molecule has 0 aliphatic carbocycles. The molecule has 0 amide bonds. The van der Waals surface area contributed by atoms with Gasteiger partial charge in [0.25, 0.3) is 0 Å². The normalized spacial score (nSPS) is 11.0. The van der Waals surface area contributed by atoms with Crippen LogP contribution in [0, 0.1) is 0 Å². The first kappa shape index (κ1) is 13.9. The van der Waals surface area contributed by atoms with Crippen LogP contribution in [-0.2, 0) is 13.2 Å². The van der Waals surface area contributed by atoms with Gasteiger partial charge in [-0.15, -0.1) is 0 Å². The molecule has 1 aromatic carbocycles. The van der Waals surface area contributed by atoms with Gasteiger partial charge in [0.05, 0.1) is 12.3 Å². The van der Waals surface area contributed by atoms with Crippen molar-refractivity contribution in [2.75, 3.05) is 11.9 Å². The molecule has 0 unspecified atom stereocenters. The Bertz CT molecular complexity index is 769. The van der Waals surface area contributed by atoms with Gasteiger partial charge in [0.1, 0.15) is 5.65 Å². The van der Waals surface area contributed by atoms with Crippen LogP contribution in [0.3, 0.4) is 0 Å². The number of hydrogen-bond donors (Lipinski definition) is 1. The SMILES string of the molecule is CN(Cc1cccc(Cl)c1)c1nc2ccccn2c1CO. The van der Waals surface area contributed by atoms with Crippen molar-refractivity contribution in [3.63, 3.8) is 0 Å². The van der Waals surface area contributed by atoms with E-state index in [0.717, 1.165) is 27.7 Å². The Balaban J connectivity index is 1.95. The summed E-state index contributed by atoms with van der Waals surface area (Å²) in [4.78, 5) is 6.62. The molecule has 4 nitrogen and oxygen atoms in total. The van der Waals surface area contributed by atoms with Crippen LogP contribution in [0.25, 0.3) is 5.65 Å². The number of rotatable bonds is 4. The monoisotopic (exact) mass is 301 g/mol. The number of nitrogens with zero attached hydrogens (tertiary/aromatic N) is 3. The Morgan fingerprint density at radius 2 is 2.10 bits per heavy atom. The van der Waals surface area contributed by atoms with Crippen LogP contribution < -0.4 is 4.90 Å². The number of aliphatic hydroxyl groups excluding tert-OH is 1. The molecular formula is C16H16ClN3O. The van der Waals surface area contributed by atoms with Crippen molar-refractivity contribution in [2.45, 2.75) is 13.2 Å². The van der Waals surface area contributed by atoms with Crippen LogP contribution >= 0.6 is 11.6 Å². The van der Waals surface area contributed by atoms with Gasteiger partial charge in [-0.2, -0.15) is 0 Å². The molecule has 1 N–H and O–H groups in total. The van der Waals surface area contributed by atoms with Crippen LogP contribution in [0.15, 0.2) is 48.7 Å². The molecule has 108 valence electrons. The predicted octanol–water partition coefficient (Wildman–Crippen LogP) is 3.12. The molecule has 2 heterocycles. The smallest absolute Gasteiger partial charge is 0.153 e. The van der Waals surface area contributed by atoms with E-state index in [9.17, 15) is 5.11 Å². The lowest BCUT2D eigenvalue weighted by Crippen LogP contribution is -2.18. The van der Waals surface area contributed by atoms with E-state index < -0.39 is 0 Å². The number of benzene rings is 1. The highest BCUT2D eigenvalue weighted by atomic mass is 35.5. The number of aliphatic hydroxyl groups is 1. The van der Waals surface area contributed by atoms with E-state index in [1.54, 1.807) is 0 Å². The second-order valence-corrected chi connectivity index (χ2v) is 5.39. The molecule has 2 aromatic heterocycles. The third-order valence-electron chi connectivity index (χ3n) is 3.43. The van der Waals surface area contributed by atoms with Crippen LogP contribution in [0.1, 0.15) is 11.3 Å². The van der Waals surface area contributed by atoms with Gasteiger partial charge in [-0.25, -0.2) is 4.98 Å². The summed E-state index contributed by atoms with van der Waals surface area (Å²) in [5, 5.41) is 10.4. The number of anilines is 1. The van der Waals surface area contributed by atoms with E-state index in [4.69, 9.17) is 11.6 Å². The Morgan fingerprint density at radius 3 is 2.86 bits per heavy atom. The maximum atomic E-state index is 9.66. The van der Waals surface area contributed by atoms with E-state index in [1.807, 2.05) is 65.0 Å². The van der Waals surface area contributed by atoms with Crippen LogP contribution in [0.5, 0.6) is 0 Å². The van der Waals surface area contributed by atoms with Crippen LogP contribution in [0.4, 0.5) is 5.82 Å². The highest BCUT2D eigenvalue weighted by Crippen LogP contribution is 2.23. The molecule has 21 heavy (non-hydrogen) atoms. The standard InChI is InChI=1S/C16H16ClN3O/c1-19(10-12-5-4-6-13(17)9-12)16-14(11-21)20-8-3-2-7-15(20)18-16/h2-9,21H,10-11H2,1H3. The zero-order chi connectivity index (χ0) is 14.8. The molecule has 0 saturated heterocycles. The Morgan fingerprint density at radius 1 is 1.24 bits per heavy atom. The quantitative estimate of drug-likeness (QED) is 0.805. The molecule has 0 atom stereocenters. The highest BCUT2D eigenvalue weighted by molar-refractivity contribution is 6.30. The number of aromatic nitrogens is 2. The fraction of sp³-hybridized carbons (Fsp3) is 0.188. The van der Waals surface area contributed by atoms with Crippen molar-refractivity contribution in [3.8, 4) is 0 Å². The topological polar surface area (TPSA) is 40.8 Å². The summed E-state index contributed by atoms with van der Waals surface area (Å²) in [5.74, 6) is 0.781. The summed E-state index contributed by atoms with van der Waals surface area (Å²) in [6.07, 6.45) is 1.91. The molecule has 0 radical (unpaired) electrons. The second-order valence-electron chi connectivity index (χ2n) is 4.96. The van der Waals surface area contributed by atoms with Crippen molar-refractivity contribution >= 4 is 23.1 Å². The highest BCUT2D eigenvalue weighted by Gasteiger charge is 2.15. The minimum atomic E-state index is -0.0552. The summed E-state index contributed by atoms with van der Waals surface area (Å²) in [6.45, 7) is 0.623. The molecular weight excluding hydrogens is 286 g/mol. The third-order valence-corrected chi connectivity index (χ3v) is 3.66. The predicted molar refractivity (Wildman–Crippen MR) is 84.7 cm³/mol. The second kappa shape index (κ2) is 5.76. The Kier molecular flexibility index (Phi) is 3.82.